The van der Waals surface area contributed by atoms with Crippen LogP contribution in [0.2, 0.25) is 0 Å². The van der Waals surface area contributed by atoms with Gasteiger partial charge in [0.05, 0.1) is 24.2 Å². The van der Waals surface area contributed by atoms with Crippen molar-refractivity contribution in [2.24, 2.45) is 5.41 Å². The molecule has 0 radical (unpaired) electrons. The van der Waals surface area contributed by atoms with E-state index in [4.69, 9.17) is 19.6 Å². The summed E-state index contributed by atoms with van der Waals surface area (Å²) in [5, 5.41) is 25.0. The number of pyridine rings is 2. The molecule has 1 fully saturated rings. The molecule has 3 aromatic rings. The first kappa shape index (κ1) is 28.3. The summed E-state index contributed by atoms with van der Waals surface area (Å²) in [5.41, 5.74) is 3.64. The zero-order valence-electron chi connectivity index (χ0n) is 21.9. The van der Waals surface area contributed by atoms with Crippen LogP contribution >= 0.6 is 0 Å². The maximum absolute atomic E-state index is 12.5. The zero-order valence-corrected chi connectivity index (χ0v) is 21.9. The Kier molecular flexibility index (Phi) is 9.49. The monoisotopic (exact) mass is 523 g/mol. The highest BCUT2D eigenvalue weighted by Crippen LogP contribution is 2.39. The van der Waals surface area contributed by atoms with Gasteiger partial charge in [0.25, 0.3) is 6.47 Å². The van der Waals surface area contributed by atoms with Crippen LogP contribution in [0.3, 0.4) is 0 Å². The van der Waals surface area contributed by atoms with E-state index < -0.39 is 0 Å². The van der Waals surface area contributed by atoms with E-state index in [2.05, 4.69) is 44.7 Å². The number of aliphatic hydroxyl groups is 1. The van der Waals surface area contributed by atoms with Crippen LogP contribution in [-0.2, 0) is 4.79 Å². The SMILES string of the molecule is CNc1cc(-c2nc(OCCO)cc(-c3cc(NC(=O)NC4CC(C)(C)C4)cnc3C)n2)ccn1.O=CO. The molecular weight excluding hydrogens is 490 g/mol. The number of urea groups is 1. The topological polar surface area (TPSA) is 171 Å². The second-order valence-corrected chi connectivity index (χ2v) is 9.50. The van der Waals surface area contributed by atoms with Gasteiger partial charge in [0.15, 0.2) is 5.82 Å². The van der Waals surface area contributed by atoms with Gasteiger partial charge in [0.1, 0.15) is 12.4 Å². The Morgan fingerprint density at radius 1 is 1.21 bits per heavy atom. The fourth-order valence-electron chi connectivity index (χ4n) is 4.21. The van der Waals surface area contributed by atoms with Gasteiger partial charge in [-0.1, -0.05) is 13.8 Å². The minimum Gasteiger partial charge on any atom is -0.483 e. The lowest BCUT2D eigenvalue weighted by Crippen LogP contribution is -2.49. The van der Waals surface area contributed by atoms with Crippen LogP contribution in [0.1, 0.15) is 32.4 Å². The van der Waals surface area contributed by atoms with Crippen LogP contribution in [0.25, 0.3) is 22.6 Å². The average Bonchev–Trinajstić information content (AvgIpc) is 2.87. The van der Waals surface area contributed by atoms with Crippen LogP contribution in [-0.4, -0.2) is 69.0 Å². The number of rotatable bonds is 8. The summed E-state index contributed by atoms with van der Waals surface area (Å²) in [6, 6.07) is 7.11. The quantitative estimate of drug-likeness (QED) is 0.276. The number of carbonyl (C=O) groups is 2. The predicted octanol–water partition coefficient (Wildman–Crippen LogP) is 3.33. The van der Waals surface area contributed by atoms with Crippen molar-refractivity contribution in [1.82, 2.24) is 25.3 Å². The maximum atomic E-state index is 12.5. The van der Waals surface area contributed by atoms with Crippen molar-refractivity contribution in [2.45, 2.75) is 39.7 Å². The molecular formula is C26H33N7O5. The Morgan fingerprint density at radius 3 is 2.61 bits per heavy atom. The summed E-state index contributed by atoms with van der Waals surface area (Å²) >= 11 is 0. The van der Waals surface area contributed by atoms with E-state index in [1.54, 1.807) is 25.5 Å². The van der Waals surface area contributed by atoms with Gasteiger partial charge in [-0.3, -0.25) is 9.78 Å². The second kappa shape index (κ2) is 12.8. The van der Waals surface area contributed by atoms with Crippen molar-refractivity contribution in [3.05, 3.63) is 42.4 Å². The van der Waals surface area contributed by atoms with Crippen LogP contribution in [0.4, 0.5) is 16.3 Å². The zero-order chi connectivity index (χ0) is 27.7. The number of nitrogens with zero attached hydrogens (tertiary/aromatic N) is 4. The number of ether oxygens (including phenoxy) is 1. The highest BCUT2D eigenvalue weighted by Gasteiger charge is 2.36. The molecule has 12 nitrogen and oxygen atoms in total. The van der Waals surface area contributed by atoms with Gasteiger partial charge in [-0.25, -0.2) is 14.8 Å². The number of anilines is 2. The number of nitrogens with one attached hydrogen (secondary N) is 3. The van der Waals surface area contributed by atoms with Crippen LogP contribution in [0.15, 0.2) is 36.7 Å². The highest BCUT2D eigenvalue weighted by atomic mass is 16.5. The van der Waals surface area contributed by atoms with E-state index >= 15 is 0 Å². The van der Waals surface area contributed by atoms with Crippen molar-refractivity contribution < 1.29 is 24.5 Å². The Hall–Kier alpha value is -4.32. The fourth-order valence-corrected chi connectivity index (χ4v) is 4.21. The van der Waals surface area contributed by atoms with Crippen LogP contribution in [0, 0.1) is 12.3 Å². The van der Waals surface area contributed by atoms with Gasteiger partial charge in [-0.2, -0.15) is 4.98 Å². The molecule has 0 aromatic carbocycles. The van der Waals surface area contributed by atoms with Crippen molar-refractivity contribution in [3.63, 3.8) is 0 Å². The molecule has 0 spiro atoms. The highest BCUT2D eigenvalue weighted by molar-refractivity contribution is 5.90. The lowest BCUT2D eigenvalue weighted by molar-refractivity contribution is -0.122. The second-order valence-electron chi connectivity index (χ2n) is 9.50. The molecule has 1 aliphatic carbocycles. The smallest absolute Gasteiger partial charge is 0.319 e. The molecule has 1 aliphatic rings. The van der Waals surface area contributed by atoms with Crippen molar-refractivity contribution in [3.8, 4) is 28.5 Å². The molecule has 0 atom stereocenters. The molecule has 12 heteroatoms. The van der Waals surface area contributed by atoms with Gasteiger partial charge >= 0.3 is 6.03 Å². The number of carbonyl (C=O) groups excluding carboxylic acids is 1. The largest absolute Gasteiger partial charge is 0.483 e. The number of amides is 2. The number of aromatic nitrogens is 4. The van der Waals surface area contributed by atoms with Crippen molar-refractivity contribution in [1.29, 1.82) is 0 Å². The van der Waals surface area contributed by atoms with Crippen molar-refractivity contribution in [2.75, 3.05) is 30.9 Å². The normalized spacial score (nSPS) is 13.8. The van der Waals surface area contributed by atoms with Gasteiger partial charge in [0, 0.05) is 42.2 Å². The van der Waals surface area contributed by atoms with Crippen LogP contribution < -0.4 is 20.7 Å². The Labute approximate surface area is 220 Å². The third-order valence-corrected chi connectivity index (χ3v) is 5.87. The number of hydrogen-bond acceptors (Lipinski definition) is 9. The molecule has 3 aromatic heterocycles. The summed E-state index contributed by atoms with van der Waals surface area (Å²) in [6.07, 6.45) is 5.21. The van der Waals surface area contributed by atoms with Gasteiger partial charge < -0.3 is 30.9 Å². The number of carboxylic acid groups (broad SMARTS) is 1. The van der Waals surface area contributed by atoms with E-state index in [0.717, 1.165) is 29.7 Å². The first-order chi connectivity index (χ1) is 18.2. The number of aryl methyl sites for hydroxylation is 1. The van der Waals surface area contributed by atoms with E-state index in [9.17, 15) is 9.90 Å². The molecule has 202 valence electrons. The van der Waals surface area contributed by atoms with E-state index in [1.165, 1.54) is 0 Å². The first-order valence-electron chi connectivity index (χ1n) is 12.1. The summed E-state index contributed by atoms with van der Waals surface area (Å²) < 4.78 is 5.62. The molecule has 0 bridgehead atoms. The standard InChI is InChI=1S/C25H31N7O3.CH2O2/c1-15-19(10-17(14-28-15)29-24(34)30-18-12-25(2,3)13-18)20-11-22(35-8-7-33)32-23(31-20)16-5-6-27-21(9-16)26-4;2-1-3/h5-6,9-11,14,18,33H,7-8,12-13H2,1-4H3,(H,26,27)(H2,29,30,34);1H,(H,2,3). The summed E-state index contributed by atoms with van der Waals surface area (Å²) in [4.78, 5) is 38.8. The Balaban J connectivity index is 0.00000127. The molecule has 5 N–H and O–H groups in total. The van der Waals surface area contributed by atoms with Gasteiger partial charge in [0.2, 0.25) is 5.88 Å². The molecule has 4 rings (SSSR count). The molecule has 0 saturated heterocycles. The van der Waals surface area contributed by atoms with Crippen LogP contribution in [0.5, 0.6) is 5.88 Å². The predicted molar refractivity (Wildman–Crippen MR) is 143 cm³/mol. The molecule has 1 saturated carbocycles. The third kappa shape index (κ3) is 7.59. The van der Waals surface area contributed by atoms with E-state index in [0.29, 0.717) is 28.9 Å². The summed E-state index contributed by atoms with van der Waals surface area (Å²) in [7, 11) is 1.79. The molecule has 0 unspecified atom stereocenters. The molecule has 3 heterocycles. The number of aliphatic hydroxyl groups excluding tert-OH is 1. The lowest BCUT2D eigenvalue weighted by atomic mass is 9.68. The Morgan fingerprint density at radius 2 is 1.95 bits per heavy atom. The third-order valence-electron chi connectivity index (χ3n) is 5.87. The maximum Gasteiger partial charge on any atom is 0.319 e. The molecule has 38 heavy (non-hydrogen) atoms. The fraction of sp³-hybridized carbons (Fsp3) is 0.385. The minimum atomic E-state index is -0.256. The van der Waals surface area contributed by atoms with E-state index in [-0.39, 0.29) is 37.2 Å². The Bertz CT molecular complexity index is 1260. The minimum absolute atomic E-state index is 0.102. The molecule has 2 amide bonds. The van der Waals surface area contributed by atoms with Gasteiger partial charge in [-0.05, 0) is 43.4 Å². The first-order valence-corrected chi connectivity index (χ1v) is 12.1. The molecule has 0 aliphatic heterocycles. The average molecular weight is 524 g/mol. The van der Waals surface area contributed by atoms with Gasteiger partial charge in [-0.15, -0.1) is 0 Å². The number of hydrogen-bond donors (Lipinski definition) is 5. The van der Waals surface area contributed by atoms with E-state index in [1.807, 2.05) is 25.1 Å². The lowest BCUT2D eigenvalue weighted by Gasteiger charge is -2.42. The summed E-state index contributed by atoms with van der Waals surface area (Å²) in [6.45, 7) is 5.97. The van der Waals surface area contributed by atoms with Crippen molar-refractivity contribution >= 4 is 24.0 Å². The summed E-state index contributed by atoms with van der Waals surface area (Å²) in [5.74, 6) is 1.45.